The molecule has 2 nitrogen and oxygen atoms in total. The van der Waals surface area contributed by atoms with Crippen molar-refractivity contribution in [1.82, 2.24) is 4.98 Å². The maximum atomic E-state index is 8.54. The van der Waals surface area contributed by atoms with Crippen molar-refractivity contribution in [2.75, 3.05) is 6.61 Å². The highest BCUT2D eigenvalue weighted by Crippen LogP contribution is 2.02. The summed E-state index contributed by atoms with van der Waals surface area (Å²) in [6, 6.07) is 1.90. The molecule has 1 heterocycles. The van der Waals surface area contributed by atoms with Gasteiger partial charge in [0.25, 0.3) is 0 Å². The molecule has 0 saturated carbocycles. The smallest absolute Gasteiger partial charge is 0.0440 e. The van der Waals surface area contributed by atoms with Gasteiger partial charge in [0.15, 0.2) is 0 Å². The molecule has 0 fully saturated rings. The molecule has 0 aliphatic rings. The molecule has 0 aromatic carbocycles. The van der Waals surface area contributed by atoms with Crippen LogP contribution in [0, 0.1) is 18.8 Å². The number of aromatic nitrogens is 1. The fourth-order valence-corrected chi connectivity index (χ4v) is 0.939. The maximum Gasteiger partial charge on any atom is 0.0440 e. The first kappa shape index (κ1) is 9.76. The van der Waals surface area contributed by atoms with Crippen LogP contribution in [0.1, 0.15) is 24.0 Å². The molecular formula is C11H13NO. The van der Waals surface area contributed by atoms with Gasteiger partial charge in [-0.25, -0.2) is 0 Å². The highest BCUT2D eigenvalue weighted by Gasteiger charge is 1.90. The lowest BCUT2D eigenvalue weighted by atomic mass is 10.1. The summed E-state index contributed by atoms with van der Waals surface area (Å²) < 4.78 is 0. The topological polar surface area (TPSA) is 33.1 Å². The Hall–Kier alpha value is -1.33. The van der Waals surface area contributed by atoms with Gasteiger partial charge in [-0.15, -0.1) is 0 Å². The van der Waals surface area contributed by atoms with Gasteiger partial charge in [0.1, 0.15) is 0 Å². The van der Waals surface area contributed by atoms with Crippen LogP contribution in [0.2, 0.25) is 0 Å². The van der Waals surface area contributed by atoms with Crippen LogP contribution in [0.15, 0.2) is 18.5 Å². The Morgan fingerprint density at radius 1 is 1.54 bits per heavy atom. The van der Waals surface area contributed by atoms with E-state index in [0.29, 0.717) is 0 Å². The van der Waals surface area contributed by atoms with Crippen LogP contribution in [0.4, 0.5) is 0 Å². The van der Waals surface area contributed by atoms with Gasteiger partial charge >= 0.3 is 0 Å². The molecule has 0 atom stereocenters. The second-order valence-corrected chi connectivity index (χ2v) is 2.82. The molecule has 0 bridgehead atoms. The minimum absolute atomic E-state index is 0.212. The van der Waals surface area contributed by atoms with Crippen molar-refractivity contribution < 1.29 is 5.11 Å². The van der Waals surface area contributed by atoms with E-state index in [0.717, 1.165) is 24.0 Å². The third-order valence-electron chi connectivity index (χ3n) is 1.70. The fraction of sp³-hybridized carbons (Fsp3) is 0.364. The van der Waals surface area contributed by atoms with Gasteiger partial charge in [-0.1, -0.05) is 11.8 Å². The van der Waals surface area contributed by atoms with Crippen molar-refractivity contribution in [2.45, 2.75) is 19.8 Å². The predicted octanol–water partition coefficient (Wildman–Crippen LogP) is 1.51. The van der Waals surface area contributed by atoms with E-state index in [1.54, 1.807) is 12.4 Å². The largest absolute Gasteiger partial charge is 0.396 e. The van der Waals surface area contributed by atoms with Crippen molar-refractivity contribution in [1.29, 1.82) is 0 Å². The molecule has 0 spiro atoms. The van der Waals surface area contributed by atoms with Crippen LogP contribution in [0.3, 0.4) is 0 Å². The van der Waals surface area contributed by atoms with E-state index in [-0.39, 0.29) is 6.61 Å². The molecule has 0 amide bonds. The number of pyridine rings is 1. The van der Waals surface area contributed by atoms with Gasteiger partial charge < -0.3 is 5.11 Å². The molecule has 1 aromatic rings. The minimum atomic E-state index is 0.212. The first-order chi connectivity index (χ1) is 6.34. The van der Waals surface area contributed by atoms with Crippen LogP contribution in [-0.4, -0.2) is 16.7 Å². The summed E-state index contributed by atoms with van der Waals surface area (Å²) in [7, 11) is 0. The first-order valence-electron chi connectivity index (χ1n) is 4.35. The maximum absolute atomic E-state index is 8.54. The molecule has 0 aliphatic heterocycles. The van der Waals surface area contributed by atoms with E-state index in [4.69, 9.17) is 5.11 Å². The third-order valence-corrected chi connectivity index (χ3v) is 1.70. The predicted molar refractivity (Wildman–Crippen MR) is 52.2 cm³/mol. The molecule has 0 radical (unpaired) electrons. The average molecular weight is 175 g/mol. The molecule has 1 N–H and O–H groups in total. The molecular weight excluding hydrogens is 162 g/mol. The molecule has 2 heteroatoms. The SMILES string of the molecule is Cc1cnccc1C#CCCCO. The zero-order valence-corrected chi connectivity index (χ0v) is 7.75. The zero-order chi connectivity index (χ0) is 9.52. The van der Waals surface area contributed by atoms with Crippen molar-refractivity contribution in [3.8, 4) is 11.8 Å². The summed E-state index contributed by atoms with van der Waals surface area (Å²) in [5.41, 5.74) is 2.12. The minimum Gasteiger partial charge on any atom is -0.396 e. The second-order valence-electron chi connectivity index (χ2n) is 2.82. The first-order valence-corrected chi connectivity index (χ1v) is 4.35. The third kappa shape index (κ3) is 3.27. The van der Waals surface area contributed by atoms with Crippen LogP contribution in [0.25, 0.3) is 0 Å². The van der Waals surface area contributed by atoms with Crippen LogP contribution < -0.4 is 0 Å². The molecule has 1 aromatic heterocycles. The fourth-order valence-electron chi connectivity index (χ4n) is 0.939. The Kier molecular flexibility index (Phi) is 4.01. The quantitative estimate of drug-likeness (QED) is 0.546. The monoisotopic (exact) mass is 175 g/mol. The summed E-state index contributed by atoms with van der Waals surface area (Å²) >= 11 is 0. The number of hydrogen-bond acceptors (Lipinski definition) is 2. The molecule has 68 valence electrons. The Labute approximate surface area is 78.6 Å². The number of aryl methyl sites for hydroxylation is 1. The van der Waals surface area contributed by atoms with Gasteiger partial charge in [0.2, 0.25) is 0 Å². The number of rotatable bonds is 2. The van der Waals surface area contributed by atoms with Gasteiger partial charge in [0.05, 0.1) is 0 Å². The van der Waals surface area contributed by atoms with Gasteiger partial charge in [-0.2, -0.15) is 0 Å². The number of aliphatic hydroxyl groups excluding tert-OH is 1. The highest BCUT2D eigenvalue weighted by molar-refractivity contribution is 5.38. The zero-order valence-electron chi connectivity index (χ0n) is 7.75. The van der Waals surface area contributed by atoms with Crippen molar-refractivity contribution in [3.05, 3.63) is 29.6 Å². The summed E-state index contributed by atoms with van der Waals surface area (Å²) in [5.74, 6) is 6.05. The van der Waals surface area contributed by atoms with Crippen LogP contribution >= 0.6 is 0 Å². The number of unbranched alkanes of at least 4 members (excludes halogenated alkanes) is 1. The Morgan fingerprint density at radius 2 is 2.38 bits per heavy atom. The molecule has 0 saturated heterocycles. The molecule has 0 aliphatic carbocycles. The summed E-state index contributed by atoms with van der Waals surface area (Å²) in [4.78, 5) is 3.98. The van der Waals surface area contributed by atoms with Gasteiger partial charge in [-0.05, 0) is 25.0 Å². The molecule has 0 unspecified atom stereocenters. The lowest BCUT2D eigenvalue weighted by Gasteiger charge is -1.93. The summed E-state index contributed by atoms with van der Waals surface area (Å²) in [6.45, 7) is 2.20. The number of hydrogen-bond donors (Lipinski definition) is 1. The molecule has 13 heavy (non-hydrogen) atoms. The van der Waals surface area contributed by atoms with Crippen molar-refractivity contribution in [3.63, 3.8) is 0 Å². The lowest BCUT2D eigenvalue weighted by Crippen LogP contribution is -1.83. The van der Waals surface area contributed by atoms with E-state index >= 15 is 0 Å². The van der Waals surface area contributed by atoms with E-state index in [1.807, 2.05) is 13.0 Å². The standard InChI is InChI=1S/C11H13NO/c1-10-9-12-7-6-11(10)5-3-2-4-8-13/h6-7,9,13H,2,4,8H2,1H3. The average Bonchev–Trinajstić information content (AvgIpc) is 2.15. The lowest BCUT2D eigenvalue weighted by molar-refractivity contribution is 0.290. The van der Waals surface area contributed by atoms with E-state index in [9.17, 15) is 0 Å². The Balaban J connectivity index is 2.61. The Morgan fingerprint density at radius 3 is 3.08 bits per heavy atom. The van der Waals surface area contributed by atoms with Crippen LogP contribution in [0.5, 0.6) is 0 Å². The van der Waals surface area contributed by atoms with Crippen molar-refractivity contribution >= 4 is 0 Å². The Bertz CT molecular complexity index is 322. The van der Waals surface area contributed by atoms with E-state index in [1.165, 1.54) is 0 Å². The second kappa shape index (κ2) is 5.34. The van der Waals surface area contributed by atoms with Gasteiger partial charge in [-0.3, -0.25) is 4.98 Å². The summed E-state index contributed by atoms with van der Waals surface area (Å²) in [6.07, 6.45) is 5.04. The summed E-state index contributed by atoms with van der Waals surface area (Å²) in [5, 5.41) is 8.54. The number of aliphatic hydroxyl groups is 1. The van der Waals surface area contributed by atoms with Crippen LogP contribution in [-0.2, 0) is 0 Å². The van der Waals surface area contributed by atoms with Gasteiger partial charge in [0, 0.05) is 31.0 Å². The van der Waals surface area contributed by atoms with E-state index in [2.05, 4.69) is 16.8 Å². The normalized spacial score (nSPS) is 9.08. The highest BCUT2D eigenvalue weighted by atomic mass is 16.2. The van der Waals surface area contributed by atoms with Crippen molar-refractivity contribution in [2.24, 2.45) is 0 Å². The number of nitrogens with zero attached hydrogens (tertiary/aromatic N) is 1. The molecule has 1 rings (SSSR count). The van der Waals surface area contributed by atoms with E-state index < -0.39 is 0 Å².